The van der Waals surface area contributed by atoms with Crippen LogP contribution in [-0.2, 0) is 11.3 Å². The number of H-pyrrole nitrogens is 1. The third-order valence-electron chi connectivity index (χ3n) is 3.57. The molecule has 1 saturated carbocycles. The largest absolute Gasteiger partial charge is 0.391 e. The lowest BCUT2D eigenvalue weighted by atomic mass is 9.98. The van der Waals surface area contributed by atoms with Crippen LogP contribution in [-0.4, -0.2) is 20.8 Å². The van der Waals surface area contributed by atoms with E-state index < -0.39 is 24.1 Å². The molecule has 1 unspecified atom stereocenters. The van der Waals surface area contributed by atoms with Gasteiger partial charge in [0.05, 0.1) is 18.3 Å². The predicted octanol–water partition coefficient (Wildman–Crippen LogP) is 1.06. The number of nitrogens with one attached hydrogen (secondary N) is 1. The summed E-state index contributed by atoms with van der Waals surface area (Å²) < 4.78 is 7.15. The molecule has 2 rings (SSSR count). The van der Waals surface area contributed by atoms with Crippen LogP contribution in [0, 0.1) is 0 Å². The number of aromatic amines is 1. The van der Waals surface area contributed by atoms with Crippen molar-refractivity contribution >= 4 is 0 Å². The van der Waals surface area contributed by atoms with Gasteiger partial charge < -0.3 is 9.84 Å². The molecule has 0 aromatic carbocycles. The van der Waals surface area contributed by atoms with E-state index in [1.54, 1.807) is 0 Å². The van der Waals surface area contributed by atoms with E-state index in [1.165, 1.54) is 23.3 Å². The molecular weight excluding hydrogens is 260 g/mol. The summed E-state index contributed by atoms with van der Waals surface area (Å²) in [4.78, 5) is 25.5. The Balaban J connectivity index is 2.24. The molecule has 0 saturated heterocycles. The predicted molar refractivity (Wildman–Crippen MR) is 74.4 cm³/mol. The summed E-state index contributed by atoms with van der Waals surface area (Å²) in [6.45, 7) is 3.26. The van der Waals surface area contributed by atoms with Gasteiger partial charge in [-0.05, 0) is 18.9 Å². The first-order valence-electron chi connectivity index (χ1n) is 6.89. The molecule has 6 nitrogen and oxygen atoms in total. The normalized spacial score (nSPS) is 17.9. The number of hydrogen-bond donors (Lipinski definition) is 2. The maximum absolute atomic E-state index is 11.8. The molecule has 0 aliphatic heterocycles. The lowest BCUT2D eigenvalue weighted by Crippen LogP contribution is -2.35. The Morgan fingerprint density at radius 3 is 2.75 bits per heavy atom. The Kier molecular flexibility index (Phi) is 4.92. The molecule has 1 fully saturated rings. The standard InChI is InChI=1S/C14H20N2O4/c1-2-12(20-11-6-4-3-5-7-11)16-8-10(9-17)13(18)15-14(16)19/h2,8,11-12,17H,1,3-7,9H2,(H,15,18,19). The Hall–Kier alpha value is -1.66. The zero-order chi connectivity index (χ0) is 14.5. The molecule has 1 atom stereocenters. The van der Waals surface area contributed by atoms with Crippen LogP contribution in [0.25, 0.3) is 0 Å². The lowest BCUT2D eigenvalue weighted by Gasteiger charge is -2.27. The number of aliphatic hydroxyl groups is 1. The quantitative estimate of drug-likeness (QED) is 0.790. The number of hydrogen-bond acceptors (Lipinski definition) is 4. The monoisotopic (exact) mass is 280 g/mol. The van der Waals surface area contributed by atoms with E-state index >= 15 is 0 Å². The molecule has 20 heavy (non-hydrogen) atoms. The van der Waals surface area contributed by atoms with Crippen LogP contribution in [0.15, 0.2) is 28.4 Å². The van der Waals surface area contributed by atoms with Gasteiger partial charge in [-0.15, -0.1) is 0 Å². The molecule has 0 spiro atoms. The van der Waals surface area contributed by atoms with E-state index in [1.807, 2.05) is 0 Å². The highest BCUT2D eigenvalue weighted by molar-refractivity contribution is 5.04. The average molecular weight is 280 g/mol. The average Bonchev–Trinajstić information content (AvgIpc) is 2.46. The first-order chi connectivity index (χ1) is 9.65. The fourth-order valence-electron chi connectivity index (χ4n) is 2.46. The van der Waals surface area contributed by atoms with Crippen LogP contribution in [0.4, 0.5) is 0 Å². The highest BCUT2D eigenvalue weighted by Gasteiger charge is 2.19. The fourth-order valence-corrected chi connectivity index (χ4v) is 2.46. The zero-order valence-corrected chi connectivity index (χ0v) is 11.4. The van der Waals surface area contributed by atoms with Crippen molar-refractivity contribution in [3.05, 3.63) is 45.3 Å². The molecule has 1 aliphatic carbocycles. The topological polar surface area (TPSA) is 84.3 Å². The van der Waals surface area contributed by atoms with E-state index in [2.05, 4.69) is 11.6 Å². The SMILES string of the molecule is C=CC(OC1CCCCC1)n1cc(CO)c(=O)[nH]c1=O. The van der Waals surface area contributed by atoms with Crippen molar-refractivity contribution in [1.82, 2.24) is 9.55 Å². The summed E-state index contributed by atoms with van der Waals surface area (Å²) in [7, 11) is 0. The van der Waals surface area contributed by atoms with Crippen LogP contribution in [0.5, 0.6) is 0 Å². The summed E-state index contributed by atoms with van der Waals surface area (Å²) >= 11 is 0. The van der Waals surface area contributed by atoms with Crippen molar-refractivity contribution < 1.29 is 9.84 Å². The highest BCUT2D eigenvalue weighted by atomic mass is 16.5. The lowest BCUT2D eigenvalue weighted by molar-refractivity contribution is -0.0439. The summed E-state index contributed by atoms with van der Waals surface area (Å²) in [5.41, 5.74) is -1.01. The number of nitrogens with zero attached hydrogens (tertiary/aromatic N) is 1. The van der Waals surface area contributed by atoms with Gasteiger partial charge in [-0.1, -0.05) is 25.8 Å². The van der Waals surface area contributed by atoms with Gasteiger partial charge in [-0.3, -0.25) is 14.3 Å². The smallest absolute Gasteiger partial charge is 0.330 e. The Morgan fingerprint density at radius 1 is 1.45 bits per heavy atom. The van der Waals surface area contributed by atoms with Crippen molar-refractivity contribution in [3.63, 3.8) is 0 Å². The van der Waals surface area contributed by atoms with Crippen LogP contribution < -0.4 is 11.2 Å². The first kappa shape index (κ1) is 14.7. The summed E-state index contributed by atoms with van der Waals surface area (Å²) in [5, 5.41) is 9.11. The van der Waals surface area contributed by atoms with Crippen molar-refractivity contribution in [2.24, 2.45) is 0 Å². The van der Waals surface area contributed by atoms with Gasteiger partial charge in [0.25, 0.3) is 5.56 Å². The molecule has 0 radical (unpaired) electrons. The second-order valence-corrected chi connectivity index (χ2v) is 5.00. The van der Waals surface area contributed by atoms with Gasteiger partial charge >= 0.3 is 5.69 Å². The van der Waals surface area contributed by atoms with Crippen LogP contribution in [0.1, 0.15) is 43.9 Å². The third kappa shape index (κ3) is 3.26. The molecular formula is C14H20N2O4. The minimum absolute atomic E-state index is 0.100. The van der Waals surface area contributed by atoms with Crippen molar-refractivity contribution in [1.29, 1.82) is 0 Å². The molecule has 1 heterocycles. The summed E-state index contributed by atoms with van der Waals surface area (Å²) in [6.07, 6.45) is 7.71. The number of ether oxygens (including phenoxy) is 1. The molecule has 2 N–H and O–H groups in total. The molecule has 110 valence electrons. The number of aliphatic hydroxyl groups excluding tert-OH is 1. The van der Waals surface area contributed by atoms with E-state index in [9.17, 15) is 9.59 Å². The Labute approximate surface area is 116 Å². The maximum Gasteiger partial charge on any atom is 0.330 e. The van der Waals surface area contributed by atoms with E-state index in [0.29, 0.717) is 0 Å². The van der Waals surface area contributed by atoms with Crippen LogP contribution in [0.3, 0.4) is 0 Å². The molecule has 0 amide bonds. The highest BCUT2D eigenvalue weighted by Crippen LogP contribution is 2.24. The fraction of sp³-hybridized carbons (Fsp3) is 0.571. The second kappa shape index (κ2) is 6.67. The van der Waals surface area contributed by atoms with Crippen LogP contribution >= 0.6 is 0 Å². The van der Waals surface area contributed by atoms with Gasteiger partial charge in [0.2, 0.25) is 0 Å². The zero-order valence-electron chi connectivity index (χ0n) is 11.4. The van der Waals surface area contributed by atoms with E-state index in [-0.39, 0.29) is 11.7 Å². The first-order valence-corrected chi connectivity index (χ1v) is 6.89. The molecule has 6 heteroatoms. The molecule has 1 aromatic rings. The molecule has 1 aromatic heterocycles. The van der Waals surface area contributed by atoms with Gasteiger partial charge in [0.1, 0.15) is 0 Å². The van der Waals surface area contributed by atoms with E-state index in [0.717, 1.165) is 25.7 Å². The Bertz CT molecular complexity index is 569. The third-order valence-corrected chi connectivity index (χ3v) is 3.57. The minimum Gasteiger partial charge on any atom is -0.391 e. The molecule has 0 bridgehead atoms. The summed E-state index contributed by atoms with van der Waals surface area (Å²) in [5.74, 6) is 0. The maximum atomic E-state index is 11.8. The van der Waals surface area contributed by atoms with Crippen molar-refractivity contribution in [2.45, 2.75) is 51.0 Å². The van der Waals surface area contributed by atoms with Crippen LogP contribution in [0.2, 0.25) is 0 Å². The van der Waals surface area contributed by atoms with E-state index in [4.69, 9.17) is 9.84 Å². The number of aromatic nitrogens is 2. The van der Waals surface area contributed by atoms with Gasteiger partial charge in [-0.2, -0.15) is 0 Å². The Morgan fingerprint density at radius 2 is 2.15 bits per heavy atom. The minimum atomic E-state index is -0.632. The van der Waals surface area contributed by atoms with Crippen molar-refractivity contribution in [3.8, 4) is 0 Å². The van der Waals surface area contributed by atoms with Gasteiger partial charge in [0.15, 0.2) is 6.23 Å². The number of rotatable bonds is 5. The second-order valence-electron chi connectivity index (χ2n) is 5.00. The van der Waals surface area contributed by atoms with Gasteiger partial charge in [-0.25, -0.2) is 4.79 Å². The molecule has 1 aliphatic rings. The van der Waals surface area contributed by atoms with Gasteiger partial charge in [0, 0.05) is 6.20 Å². The van der Waals surface area contributed by atoms with Crippen molar-refractivity contribution in [2.75, 3.05) is 0 Å². The summed E-state index contributed by atoms with van der Waals surface area (Å²) in [6, 6.07) is 0.